The zero-order valence-corrected chi connectivity index (χ0v) is 15.6. The first kappa shape index (κ1) is 23.0. The van der Waals surface area contributed by atoms with Crippen molar-refractivity contribution in [2.45, 2.75) is 11.1 Å². The van der Waals surface area contributed by atoms with E-state index in [1.165, 1.54) is 10.2 Å². The van der Waals surface area contributed by atoms with E-state index in [2.05, 4.69) is 0 Å². The molecule has 0 aromatic heterocycles. The topological polar surface area (TPSA) is 98.8 Å². The maximum Gasteiger partial charge on any atom is 0.405 e. The first-order valence-corrected chi connectivity index (χ1v) is 9.65. The Kier molecular flexibility index (Phi) is 7.13. The standard InChI is InChI=1S/C15H17F5N4O4S/c16-10-2-1-3-11(17)13(10)29(27,28)24-6-4-23(5-7-24)8-12(25)22-14(26)21-9-15(18,19)20/h1-3H,4-9H2,(H2,21,22,25,26). The lowest BCUT2D eigenvalue weighted by molar-refractivity contribution is -0.125. The number of carbonyl (C=O) groups is 2. The lowest BCUT2D eigenvalue weighted by Gasteiger charge is -2.33. The number of nitrogens with zero attached hydrogens (tertiary/aromatic N) is 2. The average Bonchev–Trinajstić information content (AvgIpc) is 2.59. The number of carbonyl (C=O) groups excluding carboxylic acids is 2. The van der Waals surface area contributed by atoms with Crippen LogP contribution in [0.25, 0.3) is 0 Å². The number of urea groups is 1. The predicted molar refractivity (Wildman–Crippen MR) is 89.2 cm³/mol. The Morgan fingerprint density at radius 3 is 2.10 bits per heavy atom. The molecule has 1 aromatic rings. The van der Waals surface area contributed by atoms with Gasteiger partial charge in [-0.3, -0.25) is 15.0 Å². The van der Waals surface area contributed by atoms with Gasteiger partial charge in [0.2, 0.25) is 15.9 Å². The molecule has 2 rings (SSSR count). The van der Waals surface area contributed by atoms with Gasteiger partial charge >= 0.3 is 12.2 Å². The van der Waals surface area contributed by atoms with Crippen LogP contribution in [0.2, 0.25) is 0 Å². The molecule has 0 saturated carbocycles. The lowest BCUT2D eigenvalue weighted by atomic mass is 10.3. The number of rotatable bonds is 5. The Labute approximate surface area is 162 Å². The van der Waals surface area contributed by atoms with Gasteiger partial charge in [-0.25, -0.2) is 22.0 Å². The summed E-state index contributed by atoms with van der Waals surface area (Å²) in [6, 6.07) is 1.36. The summed E-state index contributed by atoms with van der Waals surface area (Å²) in [5, 5.41) is 3.19. The van der Waals surface area contributed by atoms with Crippen LogP contribution in [0.4, 0.5) is 26.7 Å². The second-order valence-electron chi connectivity index (χ2n) is 6.08. The van der Waals surface area contributed by atoms with Crippen molar-refractivity contribution in [2.75, 3.05) is 39.3 Å². The molecule has 8 nitrogen and oxygen atoms in total. The fourth-order valence-electron chi connectivity index (χ4n) is 2.58. The van der Waals surface area contributed by atoms with E-state index in [-0.39, 0.29) is 32.7 Å². The van der Waals surface area contributed by atoms with E-state index in [0.29, 0.717) is 0 Å². The molecule has 3 amide bonds. The summed E-state index contributed by atoms with van der Waals surface area (Å²) < 4.78 is 89.3. The predicted octanol–water partition coefficient (Wildman–Crippen LogP) is 0.659. The monoisotopic (exact) mass is 444 g/mol. The number of halogens is 5. The third kappa shape index (κ3) is 6.33. The number of benzene rings is 1. The molecule has 14 heteroatoms. The van der Waals surface area contributed by atoms with Crippen LogP contribution in [0, 0.1) is 11.6 Å². The lowest BCUT2D eigenvalue weighted by Crippen LogP contribution is -2.52. The molecule has 162 valence electrons. The second kappa shape index (κ2) is 9.00. The highest BCUT2D eigenvalue weighted by atomic mass is 32.2. The second-order valence-corrected chi connectivity index (χ2v) is 7.95. The molecule has 1 saturated heterocycles. The van der Waals surface area contributed by atoms with Crippen molar-refractivity contribution >= 4 is 22.0 Å². The van der Waals surface area contributed by atoms with Crippen molar-refractivity contribution in [3.05, 3.63) is 29.8 Å². The van der Waals surface area contributed by atoms with Crippen molar-refractivity contribution in [2.24, 2.45) is 0 Å². The van der Waals surface area contributed by atoms with E-state index in [1.807, 2.05) is 0 Å². The molecule has 1 aliphatic heterocycles. The molecule has 29 heavy (non-hydrogen) atoms. The van der Waals surface area contributed by atoms with Crippen LogP contribution in [-0.4, -0.2) is 75.0 Å². The van der Waals surface area contributed by atoms with Crippen molar-refractivity contribution < 1.29 is 40.0 Å². The molecule has 0 unspecified atom stereocenters. The third-order valence-electron chi connectivity index (χ3n) is 3.92. The zero-order valence-electron chi connectivity index (χ0n) is 14.8. The number of amides is 3. The molecule has 1 fully saturated rings. The smallest absolute Gasteiger partial charge is 0.329 e. The van der Waals surface area contributed by atoms with Crippen molar-refractivity contribution in [3.8, 4) is 0 Å². The van der Waals surface area contributed by atoms with Gasteiger partial charge in [0.25, 0.3) is 0 Å². The summed E-state index contributed by atoms with van der Waals surface area (Å²) in [7, 11) is -4.43. The highest BCUT2D eigenvalue weighted by Gasteiger charge is 2.33. The molecule has 0 bridgehead atoms. The van der Waals surface area contributed by atoms with Gasteiger partial charge in [0.05, 0.1) is 6.54 Å². The van der Waals surface area contributed by atoms with E-state index in [9.17, 15) is 40.0 Å². The molecular weight excluding hydrogens is 427 g/mol. The molecular formula is C15H17F5N4O4S. The fraction of sp³-hybridized carbons (Fsp3) is 0.467. The fourth-order valence-corrected chi connectivity index (χ4v) is 4.11. The number of hydrogen-bond donors (Lipinski definition) is 2. The maximum atomic E-state index is 13.8. The van der Waals surface area contributed by atoms with Crippen LogP contribution in [0.3, 0.4) is 0 Å². The maximum absolute atomic E-state index is 13.8. The van der Waals surface area contributed by atoms with Gasteiger partial charge in [-0.2, -0.15) is 17.5 Å². The summed E-state index contributed by atoms with van der Waals surface area (Å²) in [5.74, 6) is -3.34. The summed E-state index contributed by atoms with van der Waals surface area (Å²) in [5.41, 5.74) is 0. The first-order chi connectivity index (χ1) is 13.4. The Balaban J connectivity index is 1.87. The van der Waals surface area contributed by atoms with Crippen molar-refractivity contribution in [1.82, 2.24) is 19.8 Å². The number of hydrogen-bond acceptors (Lipinski definition) is 5. The zero-order chi connectivity index (χ0) is 21.8. The SMILES string of the molecule is O=C(CN1CCN(S(=O)(=O)c2c(F)cccc2F)CC1)NC(=O)NCC(F)(F)F. The van der Waals surface area contributed by atoms with Gasteiger partial charge in [0.1, 0.15) is 18.2 Å². The van der Waals surface area contributed by atoms with Gasteiger partial charge in [0, 0.05) is 26.2 Å². The van der Waals surface area contributed by atoms with E-state index in [4.69, 9.17) is 0 Å². The summed E-state index contributed by atoms with van der Waals surface area (Å²) in [6.45, 7) is -2.32. The third-order valence-corrected chi connectivity index (χ3v) is 5.87. The molecule has 1 aliphatic rings. The van der Waals surface area contributed by atoms with E-state index >= 15 is 0 Å². The largest absolute Gasteiger partial charge is 0.405 e. The van der Waals surface area contributed by atoms with Crippen LogP contribution in [0.1, 0.15) is 0 Å². The number of sulfonamides is 1. The molecule has 2 N–H and O–H groups in total. The van der Waals surface area contributed by atoms with Gasteiger partial charge < -0.3 is 5.32 Å². The van der Waals surface area contributed by atoms with Crippen molar-refractivity contribution in [1.29, 1.82) is 0 Å². The van der Waals surface area contributed by atoms with Crippen LogP contribution in [-0.2, 0) is 14.8 Å². The minimum absolute atomic E-state index is 0.00684. The number of nitrogens with one attached hydrogen (secondary N) is 2. The average molecular weight is 444 g/mol. The number of piperazine rings is 1. The summed E-state index contributed by atoms with van der Waals surface area (Å²) in [4.78, 5) is 23.3. The summed E-state index contributed by atoms with van der Waals surface area (Å²) in [6.07, 6.45) is -4.63. The van der Waals surface area contributed by atoms with E-state index in [0.717, 1.165) is 22.5 Å². The minimum atomic E-state index is -4.63. The van der Waals surface area contributed by atoms with E-state index in [1.54, 1.807) is 5.32 Å². The Hall–Kier alpha value is -2.32. The quantitative estimate of drug-likeness (QED) is 0.651. The molecule has 0 aliphatic carbocycles. The van der Waals surface area contributed by atoms with Crippen LogP contribution in [0.5, 0.6) is 0 Å². The molecule has 1 heterocycles. The Bertz CT molecular complexity index is 850. The summed E-state index contributed by atoms with van der Waals surface area (Å²) >= 11 is 0. The first-order valence-electron chi connectivity index (χ1n) is 8.21. The van der Waals surface area contributed by atoms with Crippen LogP contribution >= 0.6 is 0 Å². The van der Waals surface area contributed by atoms with Gasteiger partial charge in [0.15, 0.2) is 4.90 Å². The number of imide groups is 1. The van der Waals surface area contributed by atoms with E-state index < -0.39 is 51.2 Å². The van der Waals surface area contributed by atoms with Crippen molar-refractivity contribution in [3.63, 3.8) is 0 Å². The highest BCUT2D eigenvalue weighted by molar-refractivity contribution is 7.89. The van der Waals surface area contributed by atoms with Crippen LogP contribution < -0.4 is 10.6 Å². The van der Waals surface area contributed by atoms with Crippen LogP contribution in [0.15, 0.2) is 23.1 Å². The minimum Gasteiger partial charge on any atom is -0.329 e. The van der Waals surface area contributed by atoms with Gasteiger partial charge in [-0.15, -0.1) is 0 Å². The van der Waals surface area contributed by atoms with Gasteiger partial charge in [-0.1, -0.05) is 6.07 Å². The molecule has 0 radical (unpaired) electrons. The molecule has 0 atom stereocenters. The van der Waals surface area contributed by atoms with Gasteiger partial charge in [-0.05, 0) is 12.1 Å². The highest BCUT2D eigenvalue weighted by Crippen LogP contribution is 2.23. The normalized spacial score (nSPS) is 16.4. The molecule has 1 aromatic carbocycles. The Morgan fingerprint density at radius 2 is 1.59 bits per heavy atom. The Morgan fingerprint density at radius 1 is 1.03 bits per heavy atom. The number of alkyl halides is 3. The molecule has 0 spiro atoms.